The van der Waals surface area contributed by atoms with E-state index >= 15 is 0 Å². The Balaban J connectivity index is 2.27. The maximum Gasteiger partial charge on any atom is -0.0414 e. The van der Waals surface area contributed by atoms with E-state index in [9.17, 15) is 0 Å². The first-order valence-electron chi connectivity index (χ1n) is 9.36. The lowest BCUT2D eigenvalue weighted by Crippen LogP contribution is -2.05. The fourth-order valence-electron chi connectivity index (χ4n) is 3.85. The van der Waals surface area contributed by atoms with E-state index in [0.29, 0.717) is 0 Å². The molecule has 0 amide bonds. The van der Waals surface area contributed by atoms with E-state index in [1.165, 1.54) is 96.3 Å². The molecule has 1 fully saturated rings. The number of unbranched alkanes of at least 4 members (excludes halogenated alkanes) is 1. The number of hydrogen-bond acceptors (Lipinski definition) is 0. The molecule has 1 rings (SSSR count). The van der Waals surface area contributed by atoms with Crippen molar-refractivity contribution in [2.24, 2.45) is 11.8 Å². The van der Waals surface area contributed by atoms with Crippen molar-refractivity contribution in [2.75, 3.05) is 0 Å². The van der Waals surface area contributed by atoms with Crippen molar-refractivity contribution >= 4 is 0 Å². The van der Waals surface area contributed by atoms with E-state index < -0.39 is 0 Å². The minimum Gasteiger partial charge on any atom is -0.0654 e. The predicted octanol–water partition coefficient (Wildman–Crippen LogP) is 7.12. The monoisotopic (exact) mass is 266 g/mol. The van der Waals surface area contributed by atoms with Crippen LogP contribution in [0, 0.1) is 11.8 Å². The topological polar surface area (TPSA) is 0 Å². The Bertz CT molecular complexity index is 170. The molecule has 0 aromatic carbocycles. The van der Waals surface area contributed by atoms with Crippen LogP contribution in [0.1, 0.15) is 110 Å². The van der Waals surface area contributed by atoms with E-state index in [1.54, 1.807) is 0 Å². The Morgan fingerprint density at radius 3 is 1.47 bits per heavy atom. The summed E-state index contributed by atoms with van der Waals surface area (Å²) in [5.41, 5.74) is 0. The third-order valence-electron chi connectivity index (χ3n) is 5.11. The molecule has 0 bridgehead atoms. The number of rotatable bonds is 5. The highest BCUT2D eigenvalue weighted by molar-refractivity contribution is 4.65. The van der Waals surface area contributed by atoms with Gasteiger partial charge in [-0.3, -0.25) is 0 Å². The highest BCUT2D eigenvalue weighted by Crippen LogP contribution is 2.27. The van der Waals surface area contributed by atoms with Gasteiger partial charge in [0.2, 0.25) is 0 Å². The third kappa shape index (κ3) is 8.71. The lowest BCUT2D eigenvalue weighted by molar-refractivity contribution is 0.334. The van der Waals surface area contributed by atoms with Crippen molar-refractivity contribution in [3.8, 4) is 0 Å². The van der Waals surface area contributed by atoms with Gasteiger partial charge in [-0.05, 0) is 11.8 Å². The second-order valence-electron chi connectivity index (χ2n) is 6.94. The largest absolute Gasteiger partial charge is 0.0654 e. The van der Waals surface area contributed by atoms with Gasteiger partial charge in [-0.1, -0.05) is 110 Å². The van der Waals surface area contributed by atoms with E-state index in [1.807, 2.05) is 0 Å². The van der Waals surface area contributed by atoms with Gasteiger partial charge in [0.15, 0.2) is 0 Å². The molecule has 0 aromatic heterocycles. The summed E-state index contributed by atoms with van der Waals surface area (Å²) in [5, 5.41) is 0. The Hall–Kier alpha value is 0. The Kier molecular flexibility index (Phi) is 10.6. The van der Waals surface area contributed by atoms with Crippen molar-refractivity contribution < 1.29 is 0 Å². The van der Waals surface area contributed by atoms with Crippen LogP contribution in [0.25, 0.3) is 0 Å². The van der Waals surface area contributed by atoms with Gasteiger partial charge in [0.05, 0.1) is 0 Å². The molecule has 0 heteroatoms. The molecule has 0 atom stereocenters. The van der Waals surface area contributed by atoms with Crippen LogP contribution in [0.5, 0.6) is 0 Å². The molecule has 19 heavy (non-hydrogen) atoms. The van der Waals surface area contributed by atoms with Crippen LogP contribution in [0.15, 0.2) is 0 Å². The molecule has 0 saturated heterocycles. The van der Waals surface area contributed by atoms with Crippen molar-refractivity contribution in [1.82, 2.24) is 0 Å². The zero-order chi connectivity index (χ0) is 13.8. The molecule has 1 aliphatic rings. The first-order chi connectivity index (χ1) is 9.36. The van der Waals surface area contributed by atoms with Crippen molar-refractivity contribution in [3.63, 3.8) is 0 Å². The lowest BCUT2D eigenvalue weighted by Gasteiger charge is -2.20. The van der Waals surface area contributed by atoms with E-state index in [-0.39, 0.29) is 0 Å². The molecular formula is C19H38. The van der Waals surface area contributed by atoms with Gasteiger partial charge in [0.1, 0.15) is 0 Å². The molecule has 1 saturated carbocycles. The van der Waals surface area contributed by atoms with E-state index in [0.717, 1.165) is 11.8 Å². The van der Waals surface area contributed by atoms with Gasteiger partial charge in [-0.15, -0.1) is 0 Å². The van der Waals surface area contributed by atoms with Crippen molar-refractivity contribution in [3.05, 3.63) is 0 Å². The predicted molar refractivity (Wildman–Crippen MR) is 87.6 cm³/mol. The minimum atomic E-state index is 1.06. The SMILES string of the molecule is CCCCC1CCCCCC(CCC)CCCCC1. The minimum absolute atomic E-state index is 1.06. The Morgan fingerprint density at radius 1 is 0.579 bits per heavy atom. The zero-order valence-corrected chi connectivity index (χ0v) is 13.8. The van der Waals surface area contributed by atoms with Gasteiger partial charge in [-0.25, -0.2) is 0 Å². The molecule has 0 heterocycles. The maximum absolute atomic E-state index is 2.36. The highest BCUT2D eigenvalue weighted by Gasteiger charge is 2.12. The van der Waals surface area contributed by atoms with E-state index in [4.69, 9.17) is 0 Å². The molecule has 0 spiro atoms. The smallest absolute Gasteiger partial charge is 0.0414 e. The van der Waals surface area contributed by atoms with Crippen LogP contribution >= 0.6 is 0 Å². The number of hydrogen-bond donors (Lipinski definition) is 0. The summed E-state index contributed by atoms with van der Waals surface area (Å²) in [6.07, 6.45) is 22.4. The van der Waals surface area contributed by atoms with Crippen LogP contribution in [0.2, 0.25) is 0 Å². The molecule has 0 unspecified atom stereocenters. The van der Waals surface area contributed by atoms with Crippen LogP contribution in [0.4, 0.5) is 0 Å². The second-order valence-corrected chi connectivity index (χ2v) is 6.94. The first-order valence-corrected chi connectivity index (χ1v) is 9.36. The molecular weight excluding hydrogens is 228 g/mol. The fraction of sp³-hybridized carbons (Fsp3) is 1.00. The summed E-state index contributed by atoms with van der Waals surface area (Å²) < 4.78 is 0. The average molecular weight is 267 g/mol. The van der Waals surface area contributed by atoms with Gasteiger partial charge in [0, 0.05) is 0 Å². The third-order valence-corrected chi connectivity index (χ3v) is 5.11. The van der Waals surface area contributed by atoms with Crippen molar-refractivity contribution in [2.45, 2.75) is 110 Å². The summed E-state index contributed by atoms with van der Waals surface area (Å²) in [5.74, 6) is 2.12. The Morgan fingerprint density at radius 2 is 1.05 bits per heavy atom. The quantitative estimate of drug-likeness (QED) is 0.496. The van der Waals surface area contributed by atoms with Gasteiger partial charge in [0.25, 0.3) is 0 Å². The lowest BCUT2D eigenvalue weighted by atomic mass is 9.86. The van der Waals surface area contributed by atoms with E-state index in [2.05, 4.69) is 13.8 Å². The summed E-state index contributed by atoms with van der Waals surface area (Å²) in [4.78, 5) is 0. The first kappa shape index (κ1) is 17.1. The Labute approximate surface area is 122 Å². The van der Waals surface area contributed by atoms with Gasteiger partial charge < -0.3 is 0 Å². The van der Waals surface area contributed by atoms with Crippen LogP contribution in [-0.4, -0.2) is 0 Å². The van der Waals surface area contributed by atoms with Crippen molar-refractivity contribution in [1.29, 1.82) is 0 Å². The molecule has 0 nitrogen and oxygen atoms in total. The molecule has 0 N–H and O–H groups in total. The normalized spacial score (nSPS) is 27.5. The summed E-state index contributed by atoms with van der Waals surface area (Å²) in [6.45, 7) is 4.69. The van der Waals surface area contributed by atoms with Gasteiger partial charge >= 0.3 is 0 Å². The maximum atomic E-state index is 2.36. The molecule has 0 radical (unpaired) electrons. The molecule has 1 aliphatic carbocycles. The fourth-order valence-corrected chi connectivity index (χ4v) is 3.85. The van der Waals surface area contributed by atoms with Crippen LogP contribution < -0.4 is 0 Å². The van der Waals surface area contributed by atoms with Crippen LogP contribution in [-0.2, 0) is 0 Å². The second kappa shape index (κ2) is 11.8. The summed E-state index contributed by atoms with van der Waals surface area (Å²) in [7, 11) is 0. The average Bonchev–Trinajstić information content (AvgIpc) is 2.40. The molecule has 0 aliphatic heterocycles. The van der Waals surface area contributed by atoms with Gasteiger partial charge in [-0.2, -0.15) is 0 Å². The molecule has 0 aromatic rings. The van der Waals surface area contributed by atoms with Crippen LogP contribution in [0.3, 0.4) is 0 Å². The zero-order valence-electron chi connectivity index (χ0n) is 13.8. The molecule has 114 valence electrons. The summed E-state index contributed by atoms with van der Waals surface area (Å²) >= 11 is 0. The standard InChI is InChI=1S/C19H38/c1-3-5-13-19-16-10-6-8-14-18(12-4-2)15-9-7-11-17-19/h18-19H,3-17H2,1-2H3. The summed E-state index contributed by atoms with van der Waals surface area (Å²) in [6, 6.07) is 0. The highest BCUT2D eigenvalue weighted by atomic mass is 14.2.